The molecule has 0 aliphatic rings. The monoisotopic (exact) mass is 344 g/mol. The van der Waals surface area contributed by atoms with Crippen molar-refractivity contribution >= 4 is 31.8 Å². The molecule has 2 rings (SSSR count). The van der Waals surface area contributed by atoms with Crippen LogP contribution in [0.3, 0.4) is 0 Å². The molecule has 0 bridgehead atoms. The Balaban J connectivity index is 2.34. The highest BCUT2D eigenvalue weighted by atomic mass is 79.9. The van der Waals surface area contributed by atoms with E-state index in [0.29, 0.717) is 11.0 Å². The average molecular weight is 345 g/mol. The Morgan fingerprint density at radius 2 is 2.16 bits per heavy atom. The molecule has 1 aromatic heterocycles. The second-order valence-corrected chi connectivity index (χ2v) is 6.45. The van der Waals surface area contributed by atoms with Gasteiger partial charge in [-0.1, -0.05) is 6.07 Å². The Kier molecular flexibility index (Phi) is 3.93. The van der Waals surface area contributed by atoms with Crippen LogP contribution in [0.4, 0.5) is 5.82 Å². The Morgan fingerprint density at radius 3 is 2.68 bits per heavy atom. The lowest BCUT2D eigenvalue weighted by Crippen LogP contribution is -2.14. The van der Waals surface area contributed by atoms with Gasteiger partial charge in [0.05, 0.1) is 0 Å². The van der Waals surface area contributed by atoms with E-state index in [1.165, 1.54) is 10.7 Å². The summed E-state index contributed by atoms with van der Waals surface area (Å²) in [4.78, 5) is 0.148. The van der Waals surface area contributed by atoms with Crippen molar-refractivity contribution in [3.63, 3.8) is 0 Å². The molecule has 3 N–H and O–H groups in total. The summed E-state index contributed by atoms with van der Waals surface area (Å²) in [5.74, 6) is 0.275. The smallest absolute Gasteiger partial charge is 0.264 e. The van der Waals surface area contributed by atoms with Crippen LogP contribution in [0.15, 0.2) is 39.8 Å². The Hall–Kier alpha value is -1.38. The fourth-order valence-electron chi connectivity index (χ4n) is 1.55. The number of aryl methyl sites for hydroxylation is 1. The van der Waals surface area contributed by atoms with Gasteiger partial charge in [-0.05, 0) is 33.6 Å². The van der Waals surface area contributed by atoms with Crippen molar-refractivity contribution in [2.24, 2.45) is 12.8 Å². The second kappa shape index (κ2) is 5.32. The first-order chi connectivity index (χ1) is 8.92. The predicted octanol–water partition coefficient (Wildman–Crippen LogP) is 1.44. The van der Waals surface area contributed by atoms with Gasteiger partial charge in [0.1, 0.15) is 4.90 Å². The van der Waals surface area contributed by atoms with Gasteiger partial charge < -0.3 is 5.73 Å². The Labute approximate surface area is 119 Å². The maximum absolute atomic E-state index is 12.2. The number of benzene rings is 1. The largest absolute Gasteiger partial charge is 0.326 e. The lowest BCUT2D eigenvalue weighted by atomic mass is 10.2. The molecule has 0 saturated carbocycles. The van der Waals surface area contributed by atoms with Crippen LogP contribution >= 0.6 is 15.9 Å². The molecule has 0 aliphatic heterocycles. The van der Waals surface area contributed by atoms with Crippen LogP contribution < -0.4 is 10.5 Å². The number of nitrogens with two attached hydrogens (primary N) is 1. The van der Waals surface area contributed by atoms with Gasteiger partial charge in [-0.3, -0.25) is 9.40 Å². The number of rotatable bonds is 4. The first-order valence-electron chi connectivity index (χ1n) is 5.43. The third-order valence-corrected chi connectivity index (χ3v) is 4.81. The molecule has 1 aromatic carbocycles. The van der Waals surface area contributed by atoms with Crippen molar-refractivity contribution in [2.75, 3.05) is 4.72 Å². The Bertz CT molecular complexity index is 696. The third kappa shape index (κ3) is 3.14. The van der Waals surface area contributed by atoms with E-state index >= 15 is 0 Å². The summed E-state index contributed by atoms with van der Waals surface area (Å²) in [5, 5.41) is 3.98. The molecule has 1 heterocycles. The van der Waals surface area contributed by atoms with Crippen LogP contribution in [0.2, 0.25) is 0 Å². The first-order valence-corrected chi connectivity index (χ1v) is 7.71. The van der Waals surface area contributed by atoms with Gasteiger partial charge in [-0.2, -0.15) is 5.10 Å². The van der Waals surface area contributed by atoms with Crippen LogP contribution in [0, 0.1) is 0 Å². The summed E-state index contributed by atoms with van der Waals surface area (Å²) in [6, 6.07) is 6.46. The van der Waals surface area contributed by atoms with Crippen molar-refractivity contribution in [1.82, 2.24) is 9.78 Å². The van der Waals surface area contributed by atoms with Crippen LogP contribution in [0.5, 0.6) is 0 Å². The lowest BCUT2D eigenvalue weighted by molar-refractivity contribution is 0.600. The summed E-state index contributed by atoms with van der Waals surface area (Å²) >= 11 is 3.24. The fraction of sp³-hybridized carbons (Fsp3) is 0.182. The minimum atomic E-state index is -3.67. The number of nitrogens with zero attached hydrogens (tertiary/aromatic N) is 2. The van der Waals surface area contributed by atoms with Crippen molar-refractivity contribution in [2.45, 2.75) is 11.4 Å². The van der Waals surface area contributed by atoms with Crippen molar-refractivity contribution in [1.29, 1.82) is 0 Å². The van der Waals surface area contributed by atoms with E-state index in [1.807, 2.05) is 0 Å². The summed E-state index contributed by atoms with van der Waals surface area (Å²) in [6.45, 7) is 0.354. The minimum Gasteiger partial charge on any atom is -0.326 e. The van der Waals surface area contributed by atoms with E-state index in [9.17, 15) is 8.42 Å². The van der Waals surface area contributed by atoms with Crippen molar-refractivity contribution < 1.29 is 8.42 Å². The van der Waals surface area contributed by atoms with E-state index in [2.05, 4.69) is 25.8 Å². The summed E-state index contributed by atoms with van der Waals surface area (Å²) in [7, 11) is -1.96. The maximum atomic E-state index is 12.2. The molecule has 0 spiro atoms. The number of hydrogen-bond acceptors (Lipinski definition) is 4. The fourth-order valence-corrected chi connectivity index (χ4v) is 3.67. The molecule has 2 aromatic rings. The van der Waals surface area contributed by atoms with Crippen LogP contribution in [-0.4, -0.2) is 18.2 Å². The van der Waals surface area contributed by atoms with Crippen LogP contribution in [-0.2, 0) is 23.6 Å². The van der Waals surface area contributed by atoms with E-state index in [-0.39, 0.29) is 10.7 Å². The number of aromatic nitrogens is 2. The molecule has 8 heteroatoms. The van der Waals surface area contributed by atoms with Gasteiger partial charge in [0, 0.05) is 30.3 Å². The zero-order chi connectivity index (χ0) is 14.0. The lowest BCUT2D eigenvalue weighted by Gasteiger charge is -2.08. The van der Waals surface area contributed by atoms with Gasteiger partial charge in [0.25, 0.3) is 10.0 Å². The average Bonchev–Trinajstić information content (AvgIpc) is 2.73. The molecule has 0 atom stereocenters. The third-order valence-electron chi connectivity index (χ3n) is 2.47. The van der Waals surface area contributed by atoms with Gasteiger partial charge in [0.15, 0.2) is 5.82 Å². The topological polar surface area (TPSA) is 90.0 Å². The van der Waals surface area contributed by atoms with Crippen molar-refractivity contribution in [3.05, 3.63) is 40.5 Å². The van der Waals surface area contributed by atoms with Crippen molar-refractivity contribution in [3.8, 4) is 0 Å². The number of anilines is 1. The van der Waals surface area contributed by atoms with E-state index in [4.69, 9.17) is 5.73 Å². The molecular formula is C11H13BrN4O2S. The molecule has 0 aliphatic carbocycles. The highest BCUT2D eigenvalue weighted by Crippen LogP contribution is 2.24. The molecule has 102 valence electrons. The first kappa shape index (κ1) is 14.0. The second-order valence-electron chi connectivity index (χ2n) is 3.95. The number of hydrogen-bond donors (Lipinski definition) is 2. The molecule has 0 saturated heterocycles. The number of nitrogens with one attached hydrogen (secondary N) is 1. The highest BCUT2D eigenvalue weighted by molar-refractivity contribution is 9.10. The highest BCUT2D eigenvalue weighted by Gasteiger charge is 2.18. The zero-order valence-corrected chi connectivity index (χ0v) is 12.6. The summed E-state index contributed by atoms with van der Waals surface area (Å²) in [6.07, 6.45) is 1.66. The van der Waals surface area contributed by atoms with Gasteiger partial charge in [0.2, 0.25) is 0 Å². The number of sulfonamides is 1. The van der Waals surface area contributed by atoms with E-state index < -0.39 is 10.0 Å². The molecule has 0 unspecified atom stereocenters. The zero-order valence-electron chi connectivity index (χ0n) is 10.2. The molecule has 0 radical (unpaired) electrons. The molecule has 0 fully saturated rings. The Morgan fingerprint density at radius 1 is 1.42 bits per heavy atom. The normalized spacial score (nSPS) is 11.5. The van der Waals surface area contributed by atoms with Gasteiger partial charge in [-0.15, -0.1) is 0 Å². The quantitative estimate of drug-likeness (QED) is 0.877. The van der Waals surface area contributed by atoms with Crippen LogP contribution in [0.1, 0.15) is 5.56 Å². The number of halogens is 1. The maximum Gasteiger partial charge on any atom is 0.264 e. The molecule has 19 heavy (non-hydrogen) atoms. The SMILES string of the molecule is Cn1ccc(NS(=O)(=O)c2ccc(CN)cc2Br)n1. The van der Waals surface area contributed by atoms with Gasteiger partial charge in [-0.25, -0.2) is 8.42 Å². The predicted molar refractivity (Wildman–Crippen MR) is 76.0 cm³/mol. The standard InChI is InChI=1S/C11H13BrN4O2S/c1-16-5-4-11(14-16)15-19(17,18)10-3-2-8(7-13)6-9(10)12/h2-6H,7,13H2,1H3,(H,14,15). The molecular weight excluding hydrogens is 332 g/mol. The van der Waals surface area contributed by atoms with Crippen LogP contribution in [0.25, 0.3) is 0 Å². The minimum absolute atomic E-state index is 0.148. The van der Waals surface area contributed by atoms with E-state index in [0.717, 1.165) is 5.56 Å². The summed E-state index contributed by atoms with van der Waals surface area (Å²) in [5.41, 5.74) is 6.36. The molecule has 6 nitrogen and oxygen atoms in total. The summed E-state index contributed by atoms with van der Waals surface area (Å²) < 4.78 is 28.8. The van der Waals surface area contributed by atoms with Gasteiger partial charge >= 0.3 is 0 Å². The van der Waals surface area contributed by atoms with E-state index in [1.54, 1.807) is 31.4 Å². The molecule has 0 amide bonds.